The molecule has 2 saturated heterocycles. The van der Waals surface area contributed by atoms with E-state index < -0.39 is 0 Å². The Morgan fingerprint density at radius 3 is 2.76 bits per heavy atom. The van der Waals surface area contributed by atoms with Crippen molar-refractivity contribution in [2.24, 2.45) is 11.7 Å². The van der Waals surface area contributed by atoms with Crippen LogP contribution in [0.3, 0.4) is 0 Å². The van der Waals surface area contributed by atoms with Crippen molar-refractivity contribution in [3.8, 4) is 0 Å². The Labute approximate surface area is 110 Å². The number of amides is 1. The molecule has 100 valence electrons. The van der Waals surface area contributed by atoms with Gasteiger partial charge in [-0.15, -0.1) is 12.4 Å². The van der Waals surface area contributed by atoms with Crippen LogP contribution in [0, 0.1) is 5.92 Å². The third-order valence-electron chi connectivity index (χ3n) is 3.83. The maximum absolute atomic E-state index is 11.4. The van der Waals surface area contributed by atoms with Crippen LogP contribution in [0.1, 0.15) is 32.1 Å². The smallest absolute Gasteiger partial charge is 0.234 e. The van der Waals surface area contributed by atoms with Gasteiger partial charge in [0.25, 0.3) is 0 Å². The lowest BCUT2D eigenvalue weighted by molar-refractivity contribution is -0.124. The van der Waals surface area contributed by atoms with Crippen molar-refractivity contribution >= 4 is 18.3 Å². The number of nitrogens with two attached hydrogens (primary N) is 1. The highest BCUT2D eigenvalue weighted by Gasteiger charge is 2.28. The van der Waals surface area contributed by atoms with Crippen LogP contribution in [0.4, 0.5) is 0 Å². The average Bonchev–Trinajstić information content (AvgIpc) is 2.31. The first kappa shape index (κ1) is 14.7. The molecule has 2 fully saturated rings. The molecule has 0 aromatic heterocycles. The number of halogens is 1. The Balaban J connectivity index is 0.00000144. The predicted octanol–water partition coefficient (Wildman–Crippen LogP) is 0.748. The second kappa shape index (κ2) is 7.19. The number of rotatable bonds is 3. The SMILES string of the molecule is Cl.NC(=O)C1CCCCN1CC1CCCNC1. The number of nitrogens with zero attached hydrogens (tertiary/aromatic N) is 1. The van der Waals surface area contributed by atoms with Crippen LogP contribution in [0.2, 0.25) is 0 Å². The van der Waals surface area contributed by atoms with Crippen LogP contribution < -0.4 is 11.1 Å². The van der Waals surface area contributed by atoms with Gasteiger partial charge in [-0.3, -0.25) is 9.69 Å². The third-order valence-corrected chi connectivity index (χ3v) is 3.83. The summed E-state index contributed by atoms with van der Waals surface area (Å²) >= 11 is 0. The zero-order valence-corrected chi connectivity index (χ0v) is 11.2. The molecule has 2 aliphatic heterocycles. The molecule has 0 bridgehead atoms. The van der Waals surface area contributed by atoms with Gasteiger partial charge >= 0.3 is 0 Å². The minimum absolute atomic E-state index is 0. The van der Waals surface area contributed by atoms with Gasteiger partial charge in [0.2, 0.25) is 5.91 Å². The zero-order chi connectivity index (χ0) is 11.4. The number of carbonyl (C=O) groups is 1. The molecular weight excluding hydrogens is 238 g/mol. The Kier molecular flexibility index (Phi) is 6.23. The van der Waals surface area contributed by atoms with Crippen LogP contribution in [-0.2, 0) is 4.79 Å². The third kappa shape index (κ3) is 4.12. The summed E-state index contributed by atoms with van der Waals surface area (Å²) in [6.07, 6.45) is 5.86. The van der Waals surface area contributed by atoms with Gasteiger partial charge in [0.05, 0.1) is 6.04 Å². The van der Waals surface area contributed by atoms with E-state index in [4.69, 9.17) is 5.73 Å². The summed E-state index contributed by atoms with van der Waals surface area (Å²) < 4.78 is 0. The first-order valence-electron chi connectivity index (χ1n) is 6.51. The van der Waals surface area contributed by atoms with E-state index in [0.29, 0.717) is 5.92 Å². The lowest BCUT2D eigenvalue weighted by Crippen LogP contribution is -2.50. The highest BCUT2D eigenvalue weighted by Crippen LogP contribution is 2.20. The minimum atomic E-state index is -0.136. The molecule has 2 atom stereocenters. The zero-order valence-electron chi connectivity index (χ0n) is 10.4. The molecule has 2 unspecified atom stereocenters. The van der Waals surface area contributed by atoms with Crippen LogP contribution in [0.15, 0.2) is 0 Å². The molecule has 0 radical (unpaired) electrons. The number of nitrogens with one attached hydrogen (secondary N) is 1. The summed E-state index contributed by atoms with van der Waals surface area (Å²) in [6, 6.07) is -0.00400. The van der Waals surface area contributed by atoms with Crippen LogP contribution >= 0.6 is 12.4 Å². The predicted molar refractivity (Wildman–Crippen MR) is 71.2 cm³/mol. The maximum Gasteiger partial charge on any atom is 0.234 e. The highest BCUT2D eigenvalue weighted by atomic mass is 35.5. The Morgan fingerprint density at radius 1 is 1.29 bits per heavy atom. The molecule has 0 aromatic rings. The molecule has 2 heterocycles. The largest absolute Gasteiger partial charge is 0.368 e. The Hall–Kier alpha value is -0.320. The summed E-state index contributed by atoms with van der Waals surface area (Å²) in [5.41, 5.74) is 5.47. The molecule has 2 rings (SSSR count). The number of likely N-dealkylation sites (tertiary alicyclic amines) is 1. The van der Waals surface area contributed by atoms with Crippen molar-refractivity contribution < 1.29 is 4.79 Å². The molecule has 0 spiro atoms. The fourth-order valence-electron chi connectivity index (χ4n) is 2.94. The number of piperidine rings is 2. The van der Waals surface area contributed by atoms with Crippen LogP contribution in [0.5, 0.6) is 0 Å². The van der Waals surface area contributed by atoms with Gasteiger partial charge in [-0.25, -0.2) is 0 Å². The molecule has 5 heteroatoms. The number of hydrogen-bond acceptors (Lipinski definition) is 3. The van der Waals surface area contributed by atoms with Crippen molar-refractivity contribution in [3.05, 3.63) is 0 Å². The average molecular weight is 262 g/mol. The number of primary amides is 1. The lowest BCUT2D eigenvalue weighted by atomic mass is 9.95. The number of hydrogen-bond donors (Lipinski definition) is 2. The quantitative estimate of drug-likeness (QED) is 0.788. The second-order valence-electron chi connectivity index (χ2n) is 5.12. The van der Waals surface area contributed by atoms with Crippen LogP contribution in [-0.4, -0.2) is 43.0 Å². The van der Waals surface area contributed by atoms with Gasteiger partial charge in [-0.1, -0.05) is 6.42 Å². The van der Waals surface area contributed by atoms with Gasteiger partial charge in [-0.2, -0.15) is 0 Å². The van der Waals surface area contributed by atoms with Crippen LogP contribution in [0.25, 0.3) is 0 Å². The first-order valence-corrected chi connectivity index (χ1v) is 6.51. The van der Waals surface area contributed by atoms with E-state index in [1.807, 2.05) is 0 Å². The lowest BCUT2D eigenvalue weighted by Gasteiger charge is -2.37. The van der Waals surface area contributed by atoms with Crippen molar-refractivity contribution in [2.75, 3.05) is 26.2 Å². The van der Waals surface area contributed by atoms with E-state index >= 15 is 0 Å². The monoisotopic (exact) mass is 261 g/mol. The first-order chi connectivity index (χ1) is 7.77. The van der Waals surface area contributed by atoms with E-state index in [9.17, 15) is 4.79 Å². The summed E-state index contributed by atoms with van der Waals surface area (Å²) in [5, 5.41) is 3.43. The van der Waals surface area contributed by atoms with E-state index in [-0.39, 0.29) is 24.4 Å². The molecular formula is C12H24ClN3O. The standard InChI is InChI=1S/C12H23N3O.ClH/c13-12(16)11-5-1-2-7-15(11)9-10-4-3-6-14-8-10;/h10-11,14H,1-9H2,(H2,13,16);1H. The molecule has 0 aromatic carbocycles. The Morgan fingerprint density at radius 2 is 2.12 bits per heavy atom. The normalized spacial score (nSPS) is 30.6. The molecule has 0 saturated carbocycles. The molecule has 4 nitrogen and oxygen atoms in total. The molecule has 17 heavy (non-hydrogen) atoms. The molecule has 3 N–H and O–H groups in total. The van der Waals surface area contributed by atoms with E-state index in [2.05, 4.69) is 10.2 Å². The van der Waals surface area contributed by atoms with Crippen molar-refractivity contribution in [1.29, 1.82) is 0 Å². The minimum Gasteiger partial charge on any atom is -0.368 e. The topological polar surface area (TPSA) is 58.4 Å². The summed E-state index contributed by atoms with van der Waals surface area (Å²) in [6.45, 7) is 4.34. The summed E-state index contributed by atoms with van der Waals surface area (Å²) in [5.74, 6) is 0.567. The molecule has 1 amide bonds. The molecule has 0 aliphatic carbocycles. The summed E-state index contributed by atoms with van der Waals surface area (Å²) in [7, 11) is 0. The maximum atomic E-state index is 11.4. The fraction of sp³-hybridized carbons (Fsp3) is 0.917. The van der Waals surface area contributed by atoms with Gasteiger partial charge < -0.3 is 11.1 Å². The van der Waals surface area contributed by atoms with E-state index in [1.165, 1.54) is 19.3 Å². The summed E-state index contributed by atoms with van der Waals surface area (Å²) in [4.78, 5) is 13.7. The van der Waals surface area contributed by atoms with Crippen molar-refractivity contribution in [2.45, 2.75) is 38.1 Å². The Bertz CT molecular complexity index is 244. The van der Waals surface area contributed by atoms with Gasteiger partial charge in [-0.05, 0) is 51.2 Å². The van der Waals surface area contributed by atoms with E-state index in [0.717, 1.165) is 39.0 Å². The van der Waals surface area contributed by atoms with Crippen molar-refractivity contribution in [3.63, 3.8) is 0 Å². The molecule has 2 aliphatic rings. The number of carbonyl (C=O) groups excluding carboxylic acids is 1. The fourth-order valence-corrected chi connectivity index (χ4v) is 2.94. The van der Waals surface area contributed by atoms with Gasteiger partial charge in [0.1, 0.15) is 0 Å². The van der Waals surface area contributed by atoms with E-state index in [1.54, 1.807) is 0 Å². The highest BCUT2D eigenvalue weighted by molar-refractivity contribution is 5.85. The van der Waals surface area contributed by atoms with Crippen molar-refractivity contribution in [1.82, 2.24) is 10.2 Å². The second-order valence-corrected chi connectivity index (χ2v) is 5.12. The van der Waals surface area contributed by atoms with Gasteiger partial charge in [0.15, 0.2) is 0 Å². The van der Waals surface area contributed by atoms with Gasteiger partial charge in [0, 0.05) is 6.54 Å².